The van der Waals surface area contributed by atoms with Gasteiger partial charge in [0.05, 0.1) is 18.2 Å². The zero-order chi connectivity index (χ0) is 15.2. The summed E-state index contributed by atoms with van der Waals surface area (Å²) in [6.07, 6.45) is 3.43. The highest BCUT2D eigenvalue weighted by Gasteiger charge is 2.36. The molecule has 0 saturated carbocycles. The van der Waals surface area contributed by atoms with E-state index in [1.54, 1.807) is 17.6 Å². The van der Waals surface area contributed by atoms with E-state index in [-0.39, 0.29) is 6.04 Å². The van der Waals surface area contributed by atoms with Crippen LogP contribution in [0.5, 0.6) is 0 Å². The molecular weight excluding hydrogens is 308 g/mol. The maximum atomic E-state index is 12.0. The second-order valence-corrected chi connectivity index (χ2v) is 7.99. The third-order valence-electron chi connectivity index (χ3n) is 3.53. The van der Waals surface area contributed by atoms with Crippen molar-refractivity contribution >= 4 is 27.1 Å². The van der Waals surface area contributed by atoms with Crippen molar-refractivity contribution < 1.29 is 12.8 Å². The highest BCUT2D eigenvalue weighted by Crippen LogP contribution is 2.37. The van der Waals surface area contributed by atoms with E-state index in [9.17, 15) is 8.42 Å². The van der Waals surface area contributed by atoms with E-state index in [0.29, 0.717) is 6.42 Å². The fourth-order valence-electron chi connectivity index (χ4n) is 2.64. The first-order chi connectivity index (χ1) is 9.88. The molecule has 0 fully saturated rings. The number of aryl methyl sites for hydroxylation is 2. The van der Waals surface area contributed by atoms with Crippen molar-refractivity contribution in [3.05, 3.63) is 45.5 Å². The normalized spacial score (nSPS) is 19.1. The van der Waals surface area contributed by atoms with Gasteiger partial charge in [0.1, 0.15) is 11.8 Å². The molecule has 0 N–H and O–H groups in total. The van der Waals surface area contributed by atoms with Crippen LogP contribution in [0.2, 0.25) is 0 Å². The van der Waals surface area contributed by atoms with Gasteiger partial charge in [0.15, 0.2) is 0 Å². The summed E-state index contributed by atoms with van der Waals surface area (Å²) in [6, 6.07) is 3.61. The summed E-state index contributed by atoms with van der Waals surface area (Å²) in [7, 11) is -3.41. The summed E-state index contributed by atoms with van der Waals surface area (Å²) < 4.78 is 30.7. The minimum Gasteiger partial charge on any atom is -0.469 e. The summed E-state index contributed by atoms with van der Waals surface area (Å²) in [5.74, 6) is 0.770. The Morgan fingerprint density at radius 1 is 1.43 bits per heavy atom. The Labute approximate surface area is 127 Å². The van der Waals surface area contributed by atoms with Crippen molar-refractivity contribution in [1.29, 1.82) is 0 Å². The molecule has 1 aliphatic heterocycles. The van der Waals surface area contributed by atoms with Gasteiger partial charge in [0.25, 0.3) is 0 Å². The van der Waals surface area contributed by atoms with E-state index >= 15 is 0 Å². The van der Waals surface area contributed by atoms with Crippen LogP contribution in [0.25, 0.3) is 0 Å². The first-order valence-corrected chi connectivity index (χ1v) is 9.26. The highest BCUT2D eigenvalue weighted by molar-refractivity contribution is 7.88. The minimum absolute atomic E-state index is 0.260. The first-order valence-electron chi connectivity index (χ1n) is 6.53. The molecule has 0 aliphatic carbocycles. The molecule has 112 valence electrons. The van der Waals surface area contributed by atoms with Crippen LogP contribution >= 0.6 is 11.3 Å². The number of hydrogen-bond donors (Lipinski definition) is 0. The van der Waals surface area contributed by atoms with Crippen LogP contribution in [0.4, 0.5) is 0 Å². The molecule has 3 heterocycles. The number of sulfonamides is 1. The fourth-order valence-corrected chi connectivity index (χ4v) is 4.42. The second kappa shape index (κ2) is 4.99. The van der Waals surface area contributed by atoms with E-state index in [4.69, 9.17) is 4.42 Å². The van der Waals surface area contributed by atoms with Crippen LogP contribution < -0.4 is 0 Å². The predicted molar refractivity (Wildman–Crippen MR) is 83.1 cm³/mol. The lowest BCUT2D eigenvalue weighted by Gasteiger charge is -2.19. The summed E-state index contributed by atoms with van der Waals surface area (Å²) in [5.41, 5.74) is 2.66. The largest absolute Gasteiger partial charge is 0.469 e. The van der Waals surface area contributed by atoms with Crippen LogP contribution in [0.1, 0.15) is 34.2 Å². The van der Waals surface area contributed by atoms with E-state index in [1.165, 1.54) is 10.7 Å². The standard InChI is InChI=1S/C14H16N2O3S2/c1-9-8-19-10(2)14(9)11-7-12(13-5-4-6-20-13)16(15-11)21(3,17)18/h4-6,8,12H,7H2,1-3H3/t12-/m0/s1. The van der Waals surface area contributed by atoms with Gasteiger partial charge in [-0.1, -0.05) is 6.07 Å². The van der Waals surface area contributed by atoms with E-state index in [1.807, 2.05) is 31.4 Å². The highest BCUT2D eigenvalue weighted by atomic mass is 32.2. The van der Waals surface area contributed by atoms with E-state index < -0.39 is 10.0 Å². The number of furan rings is 1. The molecular formula is C14H16N2O3S2. The average molecular weight is 324 g/mol. The Balaban J connectivity index is 2.06. The molecule has 2 aromatic rings. The quantitative estimate of drug-likeness (QED) is 0.871. The Morgan fingerprint density at radius 2 is 2.19 bits per heavy atom. The van der Waals surface area contributed by atoms with Gasteiger partial charge in [0, 0.05) is 16.9 Å². The molecule has 0 saturated heterocycles. The number of nitrogens with zero attached hydrogens (tertiary/aromatic N) is 2. The summed E-state index contributed by atoms with van der Waals surface area (Å²) >= 11 is 1.54. The summed E-state index contributed by atoms with van der Waals surface area (Å²) in [6.45, 7) is 3.81. The lowest BCUT2D eigenvalue weighted by Crippen LogP contribution is -2.25. The van der Waals surface area contributed by atoms with Crippen LogP contribution in [-0.2, 0) is 10.0 Å². The number of thiophene rings is 1. The van der Waals surface area contributed by atoms with Crippen LogP contribution in [0.15, 0.2) is 33.3 Å². The lowest BCUT2D eigenvalue weighted by atomic mass is 10.0. The minimum atomic E-state index is -3.41. The zero-order valence-electron chi connectivity index (χ0n) is 12.0. The molecule has 21 heavy (non-hydrogen) atoms. The third-order valence-corrected chi connectivity index (χ3v) is 5.52. The molecule has 2 aromatic heterocycles. The molecule has 0 amide bonds. The first kappa shape index (κ1) is 14.3. The molecule has 0 spiro atoms. The summed E-state index contributed by atoms with van der Waals surface area (Å²) in [5, 5.41) is 6.32. The third kappa shape index (κ3) is 2.51. The molecule has 1 atom stereocenters. The molecule has 7 heteroatoms. The Hall–Kier alpha value is -1.60. The molecule has 0 unspecified atom stereocenters. The lowest BCUT2D eigenvalue weighted by molar-refractivity contribution is 0.379. The molecule has 0 radical (unpaired) electrons. The van der Waals surface area contributed by atoms with Crippen molar-refractivity contribution in [2.75, 3.05) is 6.26 Å². The predicted octanol–water partition coefficient (Wildman–Crippen LogP) is 3.07. The topological polar surface area (TPSA) is 62.9 Å². The molecule has 0 aromatic carbocycles. The van der Waals surface area contributed by atoms with Gasteiger partial charge in [-0.3, -0.25) is 0 Å². The van der Waals surface area contributed by atoms with Gasteiger partial charge < -0.3 is 4.42 Å². The number of hydrazone groups is 1. The van der Waals surface area contributed by atoms with Gasteiger partial charge >= 0.3 is 0 Å². The molecule has 3 rings (SSSR count). The van der Waals surface area contributed by atoms with E-state index in [2.05, 4.69) is 5.10 Å². The fraction of sp³-hybridized carbons (Fsp3) is 0.357. The van der Waals surface area contributed by atoms with Gasteiger partial charge in [-0.15, -0.1) is 11.3 Å². The maximum absolute atomic E-state index is 12.0. The maximum Gasteiger partial charge on any atom is 0.247 e. The molecule has 1 aliphatic rings. The van der Waals surface area contributed by atoms with E-state index in [0.717, 1.165) is 27.5 Å². The monoisotopic (exact) mass is 324 g/mol. The molecule has 5 nitrogen and oxygen atoms in total. The van der Waals surface area contributed by atoms with Gasteiger partial charge in [0.2, 0.25) is 10.0 Å². The van der Waals surface area contributed by atoms with Crippen molar-refractivity contribution in [3.8, 4) is 0 Å². The van der Waals surface area contributed by atoms with Gasteiger partial charge in [-0.25, -0.2) is 8.42 Å². The Morgan fingerprint density at radius 3 is 2.71 bits per heavy atom. The Bertz CT molecular complexity index is 769. The van der Waals surface area contributed by atoms with Crippen molar-refractivity contribution in [2.45, 2.75) is 26.3 Å². The van der Waals surface area contributed by atoms with Crippen molar-refractivity contribution in [3.63, 3.8) is 0 Å². The van der Waals surface area contributed by atoms with Crippen LogP contribution in [-0.4, -0.2) is 24.8 Å². The smallest absolute Gasteiger partial charge is 0.247 e. The number of hydrogen-bond acceptors (Lipinski definition) is 5. The summed E-state index contributed by atoms with van der Waals surface area (Å²) in [4.78, 5) is 0.998. The molecule has 0 bridgehead atoms. The zero-order valence-corrected chi connectivity index (χ0v) is 13.7. The van der Waals surface area contributed by atoms with Crippen LogP contribution in [0.3, 0.4) is 0 Å². The Kier molecular flexibility index (Phi) is 3.41. The number of rotatable bonds is 3. The van der Waals surface area contributed by atoms with Crippen molar-refractivity contribution in [2.24, 2.45) is 5.10 Å². The average Bonchev–Trinajstić information content (AvgIpc) is 3.07. The van der Waals surface area contributed by atoms with Gasteiger partial charge in [-0.05, 0) is 30.9 Å². The van der Waals surface area contributed by atoms with Crippen LogP contribution in [0, 0.1) is 13.8 Å². The van der Waals surface area contributed by atoms with Gasteiger partial charge in [-0.2, -0.15) is 9.52 Å². The van der Waals surface area contributed by atoms with Crippen molar-refractivity contribution in [1.82, 2.24) is 4.41 Å². The second-order valence-electron chi connectivity index (χ2n) is 5.17. The SMILES string of the molecule is Cc1coc(C)c1C1=NN(S(C)(=O)=O)[C@H](c2cccs2)C1.